The predicted molar refractivity (Wildman–Crippen MR) is 70.4 cm³/mol. The molecule has 1 N–H and O–H groups in total. The molecule has 96 valence electrons. The Morgan fingerprint density at radius 3 is 3.05 bits per heavy atom. The third kappa shape index (κ3) is 2.74. The van der Waals surface area contributed by atoms with Gasteiger partial charge < -0.3 is 5.32 Å². The molecule has 3 aromatic heterocycles. The van der Waals surface area contributed by atoms with E-state index in [1.54, 1.807) is 18.6 Å². The molecule has 0 unspecified atom stereocenters. The standard InChI is InChI=1S/C13H14N6/c1-2-8-19-12(3-1)17-18-13(19)4-5-14-9-11-10-15-6-7-16-11/h1-3,6-8,10,14H,4-5,9H2. The maximum Gasteiger partial charge on any atom is 0.160 e. The van der Waals surface area contributed by atoms with E-state index in [4.69, 9.17) is 0 Å². The molecule has 0 saturated carbocycles. The van der Waals surface area contributed by atoms with Crippen LogP contribution in [0.2, 0.25) is 0 Å². The summed E-state index contributed by atoms with van der Waals surface area (Å²) in [5, 5.41) is 11.6. The van der Waals surface area contributed by atoms with Gasteiger partial charge in [-0.3, -0.25) is 14.4 Å². The second-order valence-electron chi connectivity index (χ2n) is 4.17. The van der Waals surface area contributed by atoms with E-state index in [2.05, 4.69) is 25.5 Å². The Hall–Kier alpha value is -2.34. The van der Waals surface area contributed by atoms with Gasteiger partial charge in [-0.15, -0.1) is 10.2 Å². The molecule has 3 aromatic rings. The first-order chi connectivity index (χ1) is 9.43. The molecule has 0 spiro atoms. The quantitative estimate of drug-likeness (QED) is 0.684. The van der Waals surface area contributed by atoms with Crippen LogP contribution in [0.5, 0.6) is 0 Å². The largest absolute Gasteiger partial charge is 0.311 e. The van der Waals surface area contributed by atoms with Gasteiger partial charge in [-0.25, -0.2) is 0 Å². The summed E-state index contributed by atoms with van der Waals surface area (Å²) in [5.74, 6) is 0.960. The smallest absolute Gasteiger partial charge is 0.160 e. The first-order valence-electron chi connectivity index (χ1n) is 6.18. The zero-order valence-electron chi connectivity index (χ0n) is 10.4. The third-order valence-corrected chi connectivity index (χ3v) is 2.83. The van der Waals surface area contributed by atoms with E-state index in [0.717, 1.165) is 30.1 Å². The minimum absolute atomic E-state index is 0.713. The summed E-state index contributed by atoms with van der Waals surface area (Å²) in [4.78, 5) is 8.23. The van der Waals surface area contributed by atoms with Gasteiger partial charge in [-0.05, 0) is 12.1 Å². The number of hydrogen-bond donors (Lipinski definition) is 1. The van der Waals surface area contributed by atoms with E-state index < -0.39 is 0 Å². The van der Waals surface area contributed by atoms with Crippen LogP contribution in [0.15, 0.2) is 43.0 Å². The average Bonchev–Trinajstić information content (AvgIpc) is 2.88. The number of nitrogens with one attached hydrogen (secondary N) is 1. The molecule has 0 aliphatic heterocycles. The fraction of sp³-hybridized carbons (Fsp3) is 0.231. The van der Waals surface area contributed by atoms with Crippen molar-refractivity contribution >= 4 is 5.65 Å². The SMILES string of the molecule is c1ccn2c(CCNCc3cnccn3)nnc2c1. The van der Waals surface area contributed by atoms with Crippen LogP contribution in [-0.4, -0.2) is 31.1 Å². The monoisotopic (exact) mass is 254 g/mol. The van der Waals surface area contributed by atoms with Crippen LogP contribution in [0.3, 0.4) is 0 Å². The summed E-state index contributed by atoms with van der Waals surface area (Å²) in [6.45, 7) is 1.54. The van der Waals surface area contributed by atoms with Crippen molar-refractivity contribution in [3.05, 3.63) is 54.5 Å². The van der Waals surface area contributed by atoms with Crippen molar-refractivity contribution in [3.8, 4) is 0 Å². The average molecular weight is 254 g/mol. The van der Waals surface area contributed by atoms with Crippen molar-refractivity contribution in [1.82, 2.24) is 29.9 Å². The molecule has 6 nitrogen and oxygen atoms in total. The summed E-state index contributed by atoms with van der Waals surface area (Å²) >= 11 is 0. The maximum atomic E-state index is 4.21. The lowest BCUT2D eigenvalue weighted by Crippen LogP contribution is -2.18. The fourth-order valence-corrected chi connectivity index (χ4v) is 1.90. The van der Waals surface area contributed by atoms with Crippen molar-refractivity contribution in [3.63, 3.8) is 0 Å². The van der Waals surface area contributed by atoms with Crippen molar-refractivity contribution in [2.75, 3.05) is 6.54 Å². The normalized spacial score (nSPS) is 10.9. The minimum Gasteiger partial charge on any atom is -0.311 e. The highest BCUT2D eigenvalue weighted by atomic mass is 15.2. The highest BCUT2D eigenvalue weighted by Crippen LogP contribution is 2.02. The number of hydrogen-bond acceptors (Lipinski definition) is 5. The zero-order chi connectivity index (χ0) is 12.9. The molecular formula is C13H14N6. The molecule has 0 atom stereocenters. The summed E-state index contributed by atoms with van der Waals surface area (Å²) in [5.41, 5.74) is 1.82. The van der Waals surface area contributed by atoms with Crippen molar-refractivity contribution in [2.45, 2.75) is 13.0 Å². The summed E-state index contributed by atoms with van der Waals surface area (Å²) in [6.07, 6.45) is 7.94. The number of aromatic nitrogens is 5. The number of nitrogens with zero attached hydrogens (tertiary/aromatic N) is 5. The van der Waals surface area contributed by atoms with Gasteiger partial charge >= 0.3 is 0 Å². The van der Waals surface area contributed by atoms with E-state index >= 15 is 0 Å². The van der Waals surface area contributed by atoms with Crippen LogP contribution < -0.4 is 5.32 Å². The molecule has 19 heavy (non-hydrogen) atoms. The molecule has 6 heteroatoms. The number of pyridine rings is 1. The molecule has 0 saturated heterocycles. The first kappa shape index (κ1) is 11.7. The van der Waals surface area contributed by atoms with Crippen LogP contribution in [0.4, 0.5) is 0 Å². The van der Waals surface area contributed by atoms with E-state index in [1.807, 2.05) is 28.8 Å². The highest BCUT2D eigenvalue weighted by molar-refractivity contribution is 5.36. The Bertz CT molecular complexity index is 648. The van der Waals surface area contributed by atoms with E-state index in [1.165, 1.54) is 0 Å². The fourth-order valence-electron chi connectivity index (χ4n) is 1.90. The molecule has 0 radical (unpaired) electrons. The summed E-state index contributed by atoms with van der Waals surface area (Å²) < 4.78 is 2.00. The van der Waals surface area contributed by atoms with Gasteiger partial charge in [0, 0.05) is 44.3 Å². The molecule has 0 bridgehead atoms. The highest BCUT2D eigenvalue weighted by Gasteiger charge is 2.03. The van der Waals surface area contributed by atoms with Crippen molar-refractivity contribution in [2.24, 2.45) is 0 Å². The van der Waals surface area contributed by atoms with Gasteiger partial charge in [-0.1, -0.05) is 6.07 Å². The Labute approximate surface area is 110 Å². The van der Waals surface area contributed by atoms with E-state index in [-0.39, 0.29) is 0 Å². The maximum absolute atomic E-state index is 4.21. The van der Waals surface area contributed by atoms with E-state index in [0.29, 0.717) is 6.54 Å². The minimum atomic E-state index is 0.713. The van der Waals surface area contributed by atoms with Gasteiger partial charge in [-0.2, -0.15) is 0 Å². The Balaban J connectivity index is 1.55. The van der Waals surface area contributed by atoms with Gasteiger partial charge in [0.1, 0.15) is 5.82 Å². The lowest BCUT2D eigenvalue weighted by atomic mass is 10.3. The van der Waals surface area contributed by atoms with Crippen molar-refractivity contribution in [1.29, 1.82) is 0 Å². The van der Waals surface area contributed by atoms with Gasteiger partial charge in [0.25, 0.3) is 0 Å². The van der Waals surface area contributed by atoms with Crippen LogP contribution >= 0.6 is 0 Å². The predicted octanol–water partition coefficient (Wildman–Crippen LogP) is 0.852. The second-order valence-corrected chi connectivity index (χ2v) is 4.17. The first-order valence-corrected chi connectivity index (χ1v) is 6.18. The molecule has 0 aliphatic rings. The van der Waals surface area contributed by atoms with Crippen LogP contribution in [0, 0.1) is 0 Å². The van der Waals surface area contributed by atoms with Crippen LogP contribution in [0.1, 0.15) is 11.5 Å². The molecule has 3 heterocycles. The molecule has 0 amide bonds. The van der Waals surface area contributed by atoms with Gasteiger partial charge in [0.15, 0.2) is 5.65 Å². The molecule has 0 aliphatic carbocycles. The van der Waals surface area contributed by atoms with Crippen LogP contribution in [-0.2, 0) is 13.0 Å². The molecular weight excluding hydrogens is 240 g/mol. The Morgan fingerprint density at radius 1 is 1.16 bits per heavy atom. The summed E-state index contributed by atoms with van der Waals surface area (Å²) in [6, 6.07) is 5.89. The lowest BCUT2D eigenvalue weighted by Gasteiger charge is -2.03. The van der Waals surface area contributed by atoms with Crippen LogP contribution in [0.25, 0.3) is 5.65 Å². The topological polar surface area (TPSA) is 68.0 Å². The van der Waals surface area contributed by atoms with Gasteiger partial charge in [0.2, 0.25) is 0 Å². The second kappa shape index (κ2) is 5.53. The zero-order valence-corrected chi connectivity index (χ0v) is 10.4. The molecule has 0 fully saturated rings. The Kier molecular flexibility index (Phi) is 3.42. The summed E-state index contributed by atoms with van der Waals surface area (Å²) in [7, 11) is 0. The number of fused-ring (bicyclic) bond motifs is 1. The van der Waals surface area contributed by atoms with Crippen molar-refractivity contribution < 1.29 is 0 Å². The van der Waals surface area contributed by atoms with E-state index in [9.17, 15) is 0 Å². The molecule has 3 rings (SSSR count). The lowest BCUT2D eigenvalue weighted by molar-refractivity contribution is 0.655. The number of rotatable bonds is 5. The third-order valence-electron chi connectivity index (χ3n) is 2.83. The molecule has 0 aromatic carbocycles. The van der Waals surface area contributed by atoms with Gasteiger partial charge in [0.05, 0.1) is 5.69 Å². The Morgan fingerprint density at radius 2 is 2.16 bits per heavy atom.